The third-order valence-corrected chi connectivity index (χ3v) is 3.10. The van der Waals surface area contributed by atoms with Crippen molar-refractivity contribution in [2.75, 3.05) is 0 Å². The molecule has 0 aliphatic rings. The van der Waals surface area contributed by atoms with Crippen molar-refractivity contribution in [3.63, 3.8) is 0 Å². The zero-order valence-electron chi connectivity index (χ0n) is 12.1. The van der Waals surface area contributed by atoms with Crippen molar-refractivity contribution in [1.82, 2.24) is 0 Å². The standard InChI is InChI=1S/C17H11FN2O3/c1-10-2-3-13(7-15(21)22)16(18)17(10)23-14-5-11(8-19)4-12(6-14)9-20/h2-6H,7H2,1H3,(H,21,22). The van der Waals surface area contributed by atoms with Gasteiger partial charge in [0.1, 0.15) is 5.75 Å². The normalized spacial score (nSPS) is 9.74. The number of carboxylic acids is 1. The number of aliphatic carboxylic acids is 1. The highest BCUT2D eigenvalue weighted by molar-refractivity contribution is 5.70. The van der Waals surface area contributed by atoms with Gasteiger partial charge in [-0.3, -0.25) is 4.79 Å². The molecule has 114 valence electrons. The number of hydrogen-bond donors (Lipinski definition) is 1. The predicted molar refractivity (Wildman–Crippen MR) is 78.4 cm³/mol. The third kappa shape index (κ3) is 3.63. The number of benzene rings is 2. The molecule has 2 aromatic rings. The van der Waals surface area contributed by atoms with E-state index in [4.69, 9.17) is 20.4 Å². The van der Waals surface area contributed by atoms with Crippen LogP contribution in [-0.2, 0) is 11.2 Å². The topological polar surface area (TPSA) is 94.1 Å². The fourth-order valence-corrected chi connectivity index (χ4v) is 2.02. The van der Waals surface area contributed by atoms with Gasteiger partial charge in [0.15, 0.2) is 11.6 Å². The Labute approximate surface area is 131 Å². The molecular weight excluding hydrogens is 299 g/mol. The van der Waals surface area contributed by atoms with Crippen molar-refractivity contribution in [1.29, 1.82) is 10.5 Å². The first-order valence-electron chi connectivity index (χ1n) is 6.57. The van der Waals surface area contributed by atoms with E-state index in [1.54, 1.807) is 13.0 Å². The SMILES string of the molecule is Cc1ccc(CC(=O)O)c(F)c1Oc1cc(C#N)cc(C#N)c1. The van der Waals surface area contributed by atoms with Gasteiger partial charge in [0, 0.05) is 5.56 Å². The molecule has 0 aromatic heterocycles. The van der Waals surface area contributed by atoms with Crippen LogP contribution in [0.15, 0.2) is 30.3 Å². The molecule has 0 aliphatic heterocycles. The maximum absolute atomic E-state index is 14.4. The first-order valence-corrected chi connectivity index (χ1v) is 6.57. The fourth-order valence-electron chi connectivity index (χ4n) is 2.02. The molecule has 0 spiro atoms. The second-order valence-corrected chi connectivity index (χ2v) is 4.83. The van der Waals surface area contributed by atoms with E-state index in [1.807, 2.05) is 12.1 Å². The summed E-state index contributed by atoms with van der Waals surface area (Å²) < 4.78 is 19.9. The summed E-state index contributed by atoms with van der Waals surface area (Å²) in [6, 6.07) is 10.9. The van der Waals surface area contributed by atoms with E-state index < -0.39 is 18.2 Å². The lowest BCUT2D eigenvalue weighted by molar-refractivity contribution is -0.136. The number of rotatable bonds is 4. The van der Waals surface area contributed by atoms with E-state index in [-0.39, 0.29) is 28.2 Å². The Bertz CT molecular complexity index is 831. The van der Waals surface area contributed by atoms with Gasteiger partial charge in [-0.15, -0.1) is 0 Å². The Morgan fingerprint density at radius 3 is 2.35 bits per heavy atom. The molecule has 5 nitrogen and oxygen atoms in total. The number of ether oxygens (including phenoxy) is 1. The van der Waals surface area contributed by atoms with Crippen molar-refractivity contribution in [2.24, 2.45) is 0 Å². The van der Waals surface area contributed by atoms with E-state index in [9.17, 15) is 9.18 Å². The van der Waals surface area contributed by atoms with Crippen molar-refractivity contribution >= 4 is 5.97 Å². The molecule has 6 heteroatoms. The van der Waals surface area contributed by atoms with E-state index in [1.165, 1.54) is 24.3 Å². The molecule has 0 fully saturated rings. The van der Waals surface area contributed by atoms with Crippen LogP contribution >= 0.6 is 0 Å². The molecule has 23 heavy (non-hydrogen) atoms. The van der Waals surface area contributed by atoms with E-state index in [2.05, 4.69) is 0 Å². The van der Waals surface area contributed by atoms with Crippen LogP contribution < -0.4 is 4.74 Å². The molecule has 0 aliphatic carbocycles. The van der Waals surface area contributed by atoms with Gasteiger partial charge in [0.25, 0.3) is 0 Å². The fraction of sp³-hybridized carbons (Fsp3) is 0.118. The lowest BCUT2D eigenvalue weighted by Crippen LogP contribution is -2.04. The lowest BCUT2D eigenvalue weighted by atomic mass is 10.1. The summed E-state index contributed by atoms with van der Waals surface area (Å²) in [6.45, 7) is 1.61. The molecule has 0 radical (unpaired) electrons. The van der Waals surface area contributed by atoms with Crippen LogP contribution in [0.5, 0.6) is 11.5 Å². The van der Waals surface area contributed by atoms with Crippen molar-refractivity contribution in [3.8, 4) is 23.6 Å². The van der Waals surface area contributed by atoms with Crippen molar-refractivity contribution < 1.29 is 19.0 Å². The van der Waals surface area contributed by atoms with Gasteiger partial charge >= 0.3 is 5.97 Å². The molecule has 0 unspecified atom stereocenters. The van der Waals surface area contributed by atoms with Crippen LogP contribution in [0.2, 0.25) is 0 Å². The molecule has 0 amide bonds. The minimum atomic E-state index is -1.16. The summed E-state index contributed by atoms with van der Waals surface area (Å²) in [7, 11) is 0. The molecule has 0 saturated carbocycles. The van der Waals surface area contributed by atoms with Gasteiger partial charge in [-0.05, 0) is 30.7 Å². The number of halogens is 1. The van der Waals surface area contributed by atoms with Gasteiger partial charge in [-0.25, -0.2) is 4.39 Å². The molecule has 0 saturated heterocycles. The Kier molecular flexibility index (Phi) is 4.58. The highest BCUT2D eigenvalue weighted by atomic mass is 19.1. The summed E-state index contributed by atoms with van der Waals surface area (Å²) in [5.41, 5.74) is 0.880. The van der Waals surface area contributed by atoms with Gasteiger partial charge in [-0.1, -0.05) is 12.1 Å². The number of carbonyl (C=O) groups is 1. The van der Waals surface area contributed by atoms with Crippen molar-refractivity contribution in [2.45, 2.75) is 13.3 Å². The summed E-state index contributed by atoms with van der Waals surface area (Å²) in [4.78, 5) is 10.8. The second-order valence-electron chi connectivity index (χ2n) is 4.83. The van der Waals surface area contributed by atoms with Crippen LogP contribution in [0, 0.1) is 35.4 Å². The molecular formula is C17H11FN2O3. The highest BCUT2D eigenvalue weighted by Gasteiger charge is 2.16. The third-order valence-electron chi connectivity index (χ3n) is 3.10. The van der Waals surface area contributed by atoms with Crippen LogP contribution in [0.3, 0.4) is 0 Å². The van der Waals surface area contributed by atoms with Gasteiger partial charge < -0.3 is 9.84 Å². The first kappa shape index (κ1) is 16.0. The van der Waals surface area contributed by atoms with Crippen LogP contribution in [0.1, 0.15) is 22.3 Å². The van der Waals surface area contributed by atoms with Crippen LogP contribution in [0.25, 0.3) is 0 Å². The number of carboxylic acid groups (broad SMARTS) is 1. The summed E-state index contributed by atoms with van der Waals surface area (Å²) in [5.74, 6) is -1.91. The smallest absolute Gasteiger partial charge is 0.307 e. The Balaban J connectivity index is 2.46. The summed E-state index contributed by atoms with van der Waals surface area (Å²) >= 11 is 0. The maximum atomic E-state index is 14.4. The first-order chi connectivity index (χ1) is 10.9. The van der Waals surface area contributed by atoms with E-state index >= 15 is 0 Å². The Hall–Kier alpha value is -3.38. The Morgan fingerprint density at radius 1 is 1.22 bits per heavy atom. The van der Waals surface area contributed by atoms with E-state index in [0.717, 1.165) is 0 Å². The molecule has 0 atom stereocenters. The molecule has 2 rings (SSSR count). The van der Waals surface area contributed by atoms with Gasteiger partial charge in [0.2, 0.25) is 0 Å². The molecule has 1 N–H and O–H groups in total. The molecule has 2 aromatic carbocycles. The largest absolute Gasteiger partial charge is 0.481 e. The van der Waals surface area contributed by atoms with Gasteiger partial charge in [-0.2, -0.15) is 10.5 Å². The highest BCUT2D eigenvalue weighted by Crippen LogP contribution is 2.31. The monoisotopic (exact) mass is 310 g/mol. The Morgan fingerprint density at radius 2 is 1.83 bits per heavy atom. The lowest BCUT2D eigenvalue weighted by Gasteiger charge is -2.12. The van der Waals surface area contributed by atoms with Crippen LogP contribution in [-0.4, -0.2) is 11.1 Å². The average Bonchev–Trinajstić information content (AvgIpc) is 2.53. The van der Waals surface area contributed by atoms with Gasteiger partial charge in [0.05, 0.1) is 29.7 Å². The van der Waals surface area contributed by atoms with E-state index in [0.29, 0.717) is 5.56 Å². The minimum Gasteiger partial charge on any atom is -0.481 e. The van der Waals surface area contributed by atoms with Crippen molar-refractivity contribution in [3.05, 3.63) is 58.4 Å². The maximum Gasteiger partial charge on any atom is 0.307 e. The summed E-state index contributed by atoms with van der Waals surface area (Å²) in [6.07, 6.45) is -0.468. The molecule has 0 bridgehead atoms. The average molecular weight is 310 g/mol. The second kappa shape index (κ2) is 6.59. The molecule has 0 heterocycles. The zero-order chi connectivity index (χ0) is 17.0. The van der Waals surface area contributed by atoms with Crippen LogP contribution in [0.4, 0.5) is 4.39 Å². The number of hydrogen-bond acceptors (Lipinski definition) is 4. The number of nitrogens with zero attached hydrogens (tertiary/aromatic N) is 2. The summed E-state index contributed by atoms with van der Waals surface area (Å²) in [5, 5.41) is 26.7. The quantitative estimate of drug-likeness (QED) is 0.935. The minimum absolute atomic E-state index is 0.00459. The number of nitriles is 2. The predicted octanol–water partition coefficient (Wildman–Crippen LogP) is 3.30. The zero-order valence-corrected chi connectivity index (χ0v) is 12.1. The number of aryl methyl sites for hydroxylation is 1.